The summed E-state index contributed by atoms with van der Waals surface area (Å²) in [4.78, 5) is 19.9. The van der Waals surface area contributed by atoms with Crippen LogP contribution in [0.3, 0.4) is 0 Å². The number of hydrogen-bond donors (Lipinski definition) is 2. The molecule has 0 unspecified atom stereocenters. The number of pyridine rings is 1. The molecule has 2 heterocycles. The molecule has 0 spiro atoms. The zero-order chi connectivity index (χ0) is 18.7. The van der Waals surface area contributed by atoms with Crippen molar-refractivity contribution in [2.75, 3.05) is 10.5 Å². The summed E-state index contributed by atoms with van der Waals surface area (Å²) in [6, 6.07) is 8.30. The molecule has 26 heavy (non-hydrogen) atoms. The van der Waals surface area contributed by atoms with Gasteiger partial charge in [-0.3, -0.25) is 9.52 Å². The first-order valence-corrected chi connectivity index (χ1v) is 10.2. The fourth-order valence-corrected chi connectivity index (χ4v) is 4.01. The molecule has 0 saturated carbocycles. The van der Waals surface area contributed by atoms with Crippen LogP contribution >= 0.6 is 11.6 Å². The summed E-state index contributed by atoms with van der Waals surface area (Å²) < 4.78 is 26.3. The molecular weight excluding hydrogens is 374 g/mol. The highest BCUT2D eigenvalue weighted by molar-refractivity contribution is 7.92. The Morgan fingerprint density at radius 1 is 1.27 bits per heavy atom. The van der Waals surface area contributed by atoms with E-state index in [1.54, 1.807) is 25.4 Å². The molecule has 136 valence electrons. The molecule has 0 saturated heterocycles. The molecule has 0 aliphatic rings. The van der Waals surface area contributed by atoms with Gasteiger partial charge in [0.05, 0.1) is 10.8 Å². The second-order valence-corrected chi connectivity index (χ2v) is 8.22. The second-order valence-electron chi connectivity index (χ2n) is 5.97. The number of aromatic amines is 1. The van der Waals surface area contributed by atoms with Crippen molar-refractivity contribution in [1.82, 2.24) is 9.97 Å². The number of ketones is 1. The molecule has 6 nitrogen and oxygen atoms in total. The highest BCUT2D eigenvalue weighted by Gasteiger charge is 2.15. The molecule has 0 bridgehead atoms. The average molecular weight is 392 g/mol. The lowest BCUT2D eigenvalue weighted by Gasteiger charge is -2.10. The lowest BCUT2D eigenvalue weighted by atomic mass is 10.0. The van der Waals surface area contributed by atoms with E-state index in [1.165, 1.54) is 12.1 Å². The van der Waals surface area contributed by atoms with Crippen LogP contribution in [0.15, 0.2) is 42.7 Å². The van der Waals surface area contributed by atoms with E-state index in [0.29, 0.717) is 12.1 Å². The maximum Gasteiger partial charge on any atom is 0.232 e. The monoisotopic (exact) mass is 391 g/mol. The van der Waals surface area contributed by atoms with Gasteiger partial charge in [-0.25, -0.2) is 13.4 Å². The molecular formula is C18H18ClN3O3S. The highest BCUT2D eigenvalue weighted by atomic mass is 35.5. The summed E-state index contributed by atoms with van der Waals surface area (Å²) >= 11 is 6.15. The van der Waals surface area contributed by atoms with Crippen LogP contribution in [0.5, 0.6) is 0 Å². The lowest BCUT2D eigenvalue weighted by Crippen LogP contribution is -2.16. The molecule has 2 N–H and O–H groups in total. The van der Waals surface area contributed by atoms with Crippen LogP contribution in [0.25, 0.3) is 11.0 Å². The van der Waals surface area contributed by atoms with Gasteiger partial charge in [0.1, 0.15) is 5.65 Å². The molecule has 3 rings (SSSR count). The van der Waals surface area contributed by atoms with Crippen molar-refractivity contribution in [3.63, 3.8) is 0 Å². The van der Waals surface area contributed by atoms with Gasteiger partial charge < -0.3 is 4.98 Å². The van der Waals surface area contributed by atoms with Crippen LogP contribution < -0.4 is 4.72 Å². The minimum absolute atomic E-state index is 0.0151. The summed E-state index contributed by atoms with van der Waals surface area (Å²) in [7, 11) is -3.43. The third kappa shape index (κ3) is 4.23. The standard InChI is InChI=1S/C18H18ClN3O3S/c1-2-7-26(24,25)22-14-3-4-16(19)15(10-14)17(23)9-12-8-13-5-6-20-18(13)21-11-12/h3-6,8,10-11,22H,2,7,9H2,1H3,(H,20,21). The molecule has 0 aliphatic heterocycles. The Balaban J connectivity index is 1.83. The topological polar surface area (TPSA) is 91.9 Å². The minimum Gasteiger partial charge on any atom is -0.346 e. The Labute approximate surface area is 156 Å². The van der Waals surface area contributed by atoms with Gasteiger partial charge in [-0.05, 0) is 42.3 Å². The van der Waals surface area contributed by atoms with Gasteiger partial charge in [0.2, 0.25) is 10.0 Å². The number of carbonyl (C=O) groups is 1. The molecule has 3 aromatic rings. The number of hydrogen-bond acceptors (Lipinski definition) is 4. The summed E-state index contributed by atoms with van der Waals surface area (Å²) in [5.74, 6) is -0.190. The lowest BCUT2D eigenvalue weighted by molar-refractivity contribution is 0.0993. The third-order valence-electron chi connectivity index (χ3n) is 3.83. The molecule has 8 heteroatoms. The molecule has 2 aromatic heterocycles. The minimum atomic E-state index is -3.43. The van der Waals surface area contributed by atoms with Crippen molar-refractivity contribution >= 4 is 44.1 Å². The van der Waals surface area contributed by atoms with E-state index in [0.717, 1.165) is 16.6 Å². The zero-order valence-electron chi connectivity index (χ0n) is 14.1. The molecule has 0 radical (unpaired) electrons. The number of anilines is 1. The fraction of sp³-hybridized carbons (Fsp3) is 0.222. The van der Waals surface area contributed by atoms with Gasteiger partial charge in [-0.2, -0.15) is 0 Å². The number of H-pyrrole nitrogens is 1. The fourth-order valence-electron chi connectivity index (χ4n) is 2.66. The van der Waals surface area contributed by atoms with Gasteiger partial charge in [0, 0.05) is 35.5 Å². The Hall–Kier alpha value is -2.38. The SMILES string of the molecule is CCCS(=O)(=O)Nc1ccc(Cl)c(C(=O)Cc2cnc3[nH]ccc3c2)c1. The molecule has 0 atom stereocenters. The van der Waals surface area contributed by atoms with Crippen LogP contribution in [0.4, 0.5) is 5.69 Å². The van der Waals surface area contributed by atoms with E-state index < -0.39 is 10.0 Å². The van der Waals surface area contributed by atoms with Gasteiger partial charge in [0.15, 0.2) is 5.78 Å². The Morgan fingerprint density at radius 2 is 2.08 bits per heavy atom. The third-order valence-corrected chi connectivity index (χ3v) is 5.66. The van der Waals surface area contributed by atoms with Gasteiger partial charge in [-0.15, -0.1) is 0 Å². The number of rotatable bonds is 7. The number of carbonyl (C=O) groups excluding carboxylic acids is 1. The summed E-state index contributed by atoms with van der Waals surface area (Å²) in [5.41, 5.74) is 2.12. The van der Waals surface area contributed by atoms with E-state index in [1.807, 2.05) is 12.1 Å². The first-order chi connectivity index (χ1) is 12.4. The molecule has 0 aliphatic carbocycles. The van der Waals surface area contributed by atoms with Crippen LogP contribution in [0.2, 0.25) is 5.02 Å². The van der Waals surface area contributed by atoms with Gasteiger partial charge in [-0.1, -0.05) is 18.5 Å². The van der Waals surface area contributed by atoms with Gasteiger partial charge in [0.25, 0.3) is 0 Å². The summed E-state index contributed by atoms with van der Waals surface area (Å²) in [5, 5.41) is 1.20. The Bertz CT molecular complexity index is 1060. The van der Waals surface area contributed by atoms with Crippen LogP contribution in [-0.2, 0) is 16.4 Å². The second kappa shape index (κ2) is 7.47. The van der Waals surface area contributed by atoms with Gasteiger partial charge >= 0.3 is 0 Å². The first kappa shape index (κ1) is 18.4. The maximum atomic E-state index is 12.7. The molecule has 0 fully saturated rings. The number of benzene rings is 1. The van der Waals surface area contributed by atoms with E-state index in [9.17, 15) is 13.2 Å². The predicted molar refractivity (Wildman–Crippen MR) is 103 cm³/mol. The normalized spacial score (nSPS) is 11.6. The Morgan fingerprint density at radius 3 is 2.85 bits per heavy atom. The van der Waals surface area contributed by atoms with E-state index >= 15 is 0 Å². The molecule has 1 aromatic carbocycles. The number of aromatic nitrogens is 2. The van der Waals surface area contributed by atoms with E-state index in [4.69, 9.17) is 11.6 Å². The number of sulfonamides is 1. The smallest absolute Gasteiger partial charge is 0.232 e. The van der Waals surface area contributed by atoms with Crippen LogP contribution in [-0.4, -0.2) is 29.9 Å². The Kier molecular flexibility index (Phi) is 5.29. The number of nitrogens with one attached hydrogen (secondary N) is 2. The van der Waals surface area contributed by atoms with Crippen molar-refractivity contribution in [3.8, 4) is 0 Å². The maximum absolute atomic E-state index is 12.7. The number of halogens is 1. The largest absolute Gasteiger partial charge is 0.346 e. The van der Waals surface area contributed by atoms with Crippen LogP contribution in [0, 0.1) is 0 Å². The molecule has 0 amide bonds. The predicted octanol–water partition coefficient (Wildman–Crippen LogP) is 3.79. The van der Waals surface area contributed by atoms with E-state index in [2.05, 4.69) is 14.7 Å². The quantitative estimate of drug-likeness (QED) is 0.599. The first-order valence-electron chi connectivity index (χ1n) is 8.13. The van der Waals surface area contributed by atoms with Crippen molar-refractivity contribution in [2.45, 2.75) is 19.8 Å². The zero-order valence-corrected chi connectivity index (χ0v) is 15.7. The highest BCUT2D eigenvalue weighted by Crippen LogP contribution is 2.23. The van der Waals surface area contributed by atoms with Crippen molar-refractivity contribution < 1.29 is 13.2 Å². The number of Topliss-reactive ketones (excluding diaryl/α,β-unsaturated/α-hetero) is 1. The van der Waals surface area contributed by atoms with Crippen molar-refractivity contribution in [1.29, 1.82) is 0 Å². The summed E-state index contributed by atoms with van der Waals surface area (Å²) in [6.45, 7) is 1.78. The average Bonchev–Trinajstić information content (AvgIpc) is 3.04. The van der Waals surface area contributed by atoms with Crippen molar-refractivity contribution in [2.24, 2.45) is 0 Å². The number of fused-ring (bicyclic) bond motifs is 1. The summed E-state index contributed by atoms with van der Waals surface area (Å²) in [6.07, 6.45) is 4.05. The number of nitrogens with zero attached hydrogens (tertiary/aromatic N) is 1. The van der Waals surface area contributed by atoms with Crippen LogP contribution in [0.1, 0.15) is 29.3 Å². The van der Waals surface area contributed by atoms with E-state index in [-0.39, 0.29) is 28.5 Å². The van der Waals surface area contributed by atoms with Crippen molar-refractivity contribution in [3.05, 3.63) is 58.9 Å².